The third kappa shape index (κ3) is 4.25. The van der Waals surface area contributed by atoms with Crippen molar-refractivity contribution in [2.24, 2.45) is 0 Å². The van der Waals surface area contributed by atoms with E-state index in [0.717, 1.165) is 0 Å². The number of benzene rings is 1. The lowest BCUT2D eigenvalue weighted by Crippen LogP contribution is -2.23. The number of aliphatic carboxylic acids is 1. The van der Waals surface area contributed by atoms with Crippen LogP contribution in [0.15, 0.2) is 18.2 Å². The predicted molar refractivity (Wildman–Crippen MR) is 69.6 cm³/mol. The van der Waals surface area contributed by atoms with E-state index in [1.807, 2.05) is 0 Å². The molecule has 0 bridgehead atoms. The van der Waals surface area contributed by atoms with Gasteiger partial charge in [0.25, 0.3) is 5.91 Å². The fraction of sp³-hybridized carbons (Fsp3) is 0.273. The number of hydrogen-bond donors (Lipinski definition) is 3. The quantitative estimate of drug-likeness (QED) is 0.714. The molecule has 1 amide bonds. The third-order valence-corrected chi connectivity index (χ3v) is 3.45. The molecule has 3 N–H and O–H groups in total. The molecule has 0 aliphatic heterocycles. The number of carbonyl (C=O) groups excluding carboxylic acids is 1. The van der Waals surface area contributed by atoms with Crippen LogP contribution in [0.1, 0.15) is 15.9 Å². The van der Waals surface area contributed by atoms with Gasteiger partial charge in [-0.25, -0.2) is 8.42 Å². The zero-order chi connectivity index (χ0) is 14.6. The second-order valence-corrected chi connectivity index (χ2v) is 5.59. The molecule has 0 unspecified atom stereocenters. The van der Waals surface area contributed by atoms with Gasteiger partial charge in [-0.05, 0) is 30.7 Å². The van der Waals surface area contributed by atoms with E-state index in [1.54, 1.807) is 6.92 Å². The summed E-state index contributed by atoms with van der Waals surface area (Å²) in [7, 11) is -2.46. The number of carboxylic acids is 1. The average Bonchev–Trinajstić information content (AvgIpc) is 2.28. The molecule has 0 saturated carbocycles. The number of anilines is 1. The first kappa shape index (κ1) is 15.0. The van der Waals surface area contributed by atoms with Crippen molar-refractivity contribution in [3.05, 3.63) is 29.3 Å². The minimum atomic E-state index is -3.95. The number of carboxylic acid groups (broad SMARTS) is 1. The largest absolute Gasteiger partial charge is 0.480 e. The van der Waals surface area contributed by atoms with Gasteiger partial charge in [0.2, 0.25) is 10.0 Å². The Labute approximate surface area is 110 Å². The van der Waals surface area contributed by atoms with Gasteiger partial charge in [0.05, 0.1) is 5.69 Å². The van der Waals surface area contributed by atoms with Crippen LogP contribution in [0.2, 0.25) is 0 Å². The monoisotopic (exact) mass is 286 g/mol. The van der Waals surface area contributed by atoms with Crippen LogP contribution < -0.4 is 10.0 Å². The van der Waals surface area contributed by atoms with Crippen molar-refractivity contribution in [1.82, 2.24) is 5.32 Å². The zero-order valence-electron chi connectivity index (χ0n) is 10.4. The minimum absolute atomic E-state index is 0.244. The number of nitrogens with one attached hydrogen (secondary N) is 2. The van der Waals surface area contributed by atoms with Crippen molar-refractivity contribution in [2.45, 2.75) is 6.92 Å². The normalized spacial score (nSPS) is 10.8. The molecule has 1 aromatic rings. The molecule has 0 heterocycles. The summed E-state index contributed by atoms with van der Waals surface area (Å²) in [5.41, 5.74) is 1.16. The average molecular weight is 286 g/mol. The van der Waals surface area contributed by atoms with E-state index in [-0.39, 0.29) is 11.6 Å². The Bertz CT molecular complexity index is 610. The second kappa shape index (κ2) is 5.70. The third-order valence-electron chi connectivity index (χ3n) is 2.29. The molecule has 0 aromatic heterocycles. The number of aryl methyl sites for hydroxylation is 1. The van der Waals surface area contributed by atoms with Crippen LogP contribution in [0.5, 0.6) is 0 Å². The maximum absolute atomic E-state index is 11.5. The van der Waals surface area contributed by atoms with Gasteiger partial charge in [-0.2, -0.15) is 0 Å². The molecule has 0 radical (unpaired) electrons. The molecule has 0 atom stereocenters. The zero-order valence-corrected chi connectivity index (χ0v) is 11.2. The Morgan fingerprint density at radius 1 is 1.32 bits per heavy atom. The lowest BCUT2D eigenvalue weighted by Gasteiger charge is -2.10. The molecule has 104 valence electrons. The van der Waals surface area contributed by atoms with E-state index in [2.05, 4.69) is 10.0 Å². The Kier molecular flexibility index (Phi) is 4.49. The van der Waals surface area contributed by atoms with Crippen molar-refractivity contribution >= 4 is 27.6 Å². The molecule has 19 heavy (non-hydrogen) atoms. The van der Waals surface area contributed by atoms with Gasteiger partial charge < -0.3 is 10.4 Å². The van der Waals surface area contributed by atoms with Crippen LogP contribution in [0.25, 0.3) is 0 Å². The summed E-state index contributed by atoms with van der Waals surface area (Å²) in [6.45, 7) is 1.62. The molecule has 0 fully saturated rings. The smallest absolute Gasteiger partial charge is 0.320 e. The van der Waals surface area contributed by atoms with Gasteiger partial charge in [0, 0.05) is 12.6 Å². The summed E-state index contributed by atoms with van der Waals surface area (Å²) in [6.07, 6.45) is 0. The number of sulfonamides is 1. The fourth-order valence-electron chi connectivity index (χ4n) is 1.43. The van der Waals surface area contributed by atoms with Crippen molar-refractivity contribution in [3.8, 4) is 0 Å². The van der Waals surface area contributed by atoms with Crippen molar-refractivity contribution in [2.75, 3.05) is 17.5 Å². The summed E-state index contributed by atoms with van der Waals surface area (Å²) < 4.78 is 25.1. The second-order valence-electron chi connectivity index (χ2n) is 3.86. The molecule has 8 heteroatoms. The van der Waals surface area contributed by atoms with Crippen LogP contribution in [-0.4, -0.2) is 38.2 Å². The Balaban J connectivity index is 2.98. The summed E-state index contributed by atoms with van der Waals surface area (Å²) in [6, 6.07) is 4.38. The van der Waals surface area contributed by atoms with Crippen molar-refractivity contribution in [1.29, 1.82) is 0 Å². The Hall–Kier alpha value is -2.09. The first-order valence-corrected chi connectivity index (χ1v) is 6.95. The first-order valence-electron chi connectivity index (χ1n) is 5.30. The Morgan fingerprint density at radius 3 is 2.42 bits per heavy atom. The number of amides is 1. The van der Waals surface area contributed by atoms with Crippen LogP contribution in [0, 0.1) is 6.92 Å². The molecule has 0 saturated heterocycles. The summed E-state index contributed by atoms with van der Waals surface area (Å²) in [5, 5.41) is 10.9. The lowest BCUT2D eigenvalue weighted by atomic mass is 10.1. The molecule has 1 rings (SSSR count). The predicted octanol–water partition coefficient (Wildman–Crippen LogP) is 0.181. The standard InChI is InChI=1S/C11H14N2O5S/c1-7-5-8(11(16)12-2)3-4-9(7)13-19(17,18)6-10(14)15/h3-5,13H,6H2,1-2H3,(H,12,16)(H,14,15). The topological polar surface area (TPSA) is 113 Å². The molecule has 0 spiro atoms. The SMILES string of the molecule is CNC(=O)c1ccc(NS(=O)(=O)CC(=O)O)c(C)c1. The van der Waals surface area contributed by atoms with Gasteiger partial charge >= 0.3 is 5.97 Å². The summed E-state index contributed by atoms with van der Waals surface area (Å²) >= 11 is 0. The molecule has 0 aliphatic rings. The van der Waals surface area contributed by atoms with Crippen molar-refractivity contribution in [3.63, 3.8) is 0 Å². The van der Waals surface area contributed by atoms with Crippen LogP contribution in [0.3, 0.4) is 0 Å². The lowest BCUT2D eigenvalue weighted by molar-refractivity contribution is -0.134. The van der Waals surface area contributed by atoms with Crippen LogP contribution >= 0.6 is 0 Å². The number of rotatable bonds is 5. The van der Waals surface area contributed by atoms with Gasteiger partial charge in [-0.15, -0.1) is 0 Å². The maximum atomic E-state index is 11.5. The van der Waals surface area contributed by atoms with Gasteiger partial charge in [-0.3, -0.25) is 14.3 Å². The first-order chi connectivity index (χ1) is 8.75. The van der Waals surface area contributed by atoms with E-state index in [0.29, 0.717) is 11.1 Å². The molecule has 0 aliphatic carbocycles. The maximum Gasteiger partial charge on any atom is 0.320 e. The van der Waals surface area contributed by atoms with E-state index in [4.69, 9.17) is 5.11 Å². The molecule has 7 nitrogen and oxygen atoms in total. The number of hydrogen-bond acceptors (Lipinski definition) is 4. The molecular weight excluding hydrogens is 272 g/mol. The highest BCUT2D eigenvalue weighted by Gasteiger charge is 2.17. The molecular formula is C11H14N2O5S. The van der Waals surface area contributed by atoms with Crippen molar-refractivity contribution < 1.29 is 23.1 Å². The van der Waals surface area contributed by atoms with Gasteiger partial charge in [-0.1, -0.05) is 0 Å². The minimum Gasteiger partial charge on any atom is -0.480 e. The summed E-state index contributed by atoms with van der Waals surface area (Å²) in [5.74, 6) is -2.74. The van der Waals surface area contributed by atoms with E-state index >= 15 is 0 Å². The van der Waals surface area contributed by atoms with Crippen LogP contribution in [-0.2, 0) is 14.8 Å². The summed E-state index contributed by atoms with van der Waals surface area (Å²) in [4.78, 5) is 21.8. The highest BCUT2D eigenvalue weighted by atomic mass is 32.2. The van der Waals surface area contributed by atoms with E-state index in [1.165, 1.54) is 25.2 Å². The van der Waals surface area contributed by atoms with E-state index in [9.17, 15) is 18.0 Å². The number of carbonyl (C=O) groups is 2. The van der Waals surface area contributed by atoms with Gasteiger partial charge in [0.1, 0.15) is 0 Å². The highest BCUT2D eigenvalue weighted by Crippen LogP contribution is 2.18. The van der Waals surface area contributed by atoms with Crippen LogP contribution in [0.4, 0.5) is 5.69 Å². The van der Waals surface area contributed by atoms with Gasteiger partial charge in [0.15, 0.2) is 5.75 Å². The Morgan fingerprint density at radius 2 is 1.95 bits per heavy atom. The molecule has 1 aromatic carbocycles. The highest BCUT2D eigenvalue weighted by molar-refractivity contribution is 7.93. The van der Waals surface area contributed by atoms with E-state index < -0.39 is 21.7 Å². The fourth-order valence-corrected chi connectivity index (χ4v) is 2.39.